The van der Waals surface area contributed by atoms with Crippen LogP contribution in [0.5, 0.6) is 0 Å². The second kappa shape index (κ2) is 6.84. The maximum absolute atomic E-state index is 12.8. The predicted molar refractivity (Wildman–Crippen MR) is 95.7 cm³/mol. The predicted octanol–water partition coefficient (Wildman–Crippen LogP) is 3.80. The van der Waals surface area contributed by atoms with Gasteiger partial charge in [0, 0.05) is 18.1 Å². The quantitative estimate of drug-likeness (QED) is 0.831. The maximum atomic E-state index is 12.8. The van der Waals surface area contributed by atoms with Crippen LogP contribution in [0.2, 0.25) is 5.02 Å². The Balaban J connectivity index is 1.85. The molecule has 2 aromatic carbocycles. The molecule has 6 heteroatoms. The summed E-state index contributed by atoms with van der Waals surface area (Å²) in [6, 6.07) is 14.4. The highest BCUT2D eigenvalue weighted by Crippen LogP contribution is 2.25. The van der Waals surface area contributed by atoms with Crippen molar-refractivity contribution < 1.29 is 13.2 Å². The van der Waals surface area contributed by atoms with E-state index in [2.05, 4.69) is 0 Å². The Bertz CT molecular complexity index is 793. The zero-order valence-corrected chi connectivity index (χ0v) is 15.2. The van der Waals surface area contributed by atoms with Crippen molar-refractivity contribution in [3.63, 3.8) is 0 Å². The summed E-state index contributed by atoms with van der Waals surface area (Å²) in [5.41, 5.74) is 1.95. The highest BCUT2D eigenvalue weighted by atomic mass is 35.5. The fourth-order valence-electron chi connectivity index (χ4n) is 2.94. The van der Waals surface area contributed by atoms with Gasteiger partial charge in [-0.1, -0.05) is 35.9 Å². The van der Waals surface area contributed by atoms with Crippen LogP contribution in [-0.4, -0.2) is 38.0 Å². The van der Waals surface area contributed by atoms with E-state index in [0.717, 1.165) is 11.1 Å². The van der Waals surface area contributed by atoms with Crippen molar-refractivity contribution in [1.82, 2.24) is 4.31 Å². The molecule has 2 aromatic rings. The smallest absolute Gasteiger partial charge is 0.243 e. The van der Waals surface area contributed by atoms with Gasteiger partial charge in [0.05, 0.1) is 17.1 Å². The summed E-state index contributed by atoms with van der Waals surface area (Å²) < 4.78 is 32.8. The number of sulfonamides is 1. The molecule has 0 amide bonds. The molecule has 1 saturated heterocycles. The average molecular weight is 366 g/mol. The van der Waals surface area contributed by atoms with Gasteiger partial charge in [-0.15, -0.1) is 0 Å². The molecule has 128 valence electrons. The Labute approximate surface area is 148 Å². The van der Waals surface area contributed by atoms with Gasteiger partial charge in [-0.05, 0) is 49.2 Å². The first-order valence-corrected chi connectivity index (χ1v) is 9.69. The highest BCUT2D eigenvalue weighted by molar-refractivity contribution is 7.89. The first-order chi connectivity index (χ1) is 11.4. The van der Waals surface area contributed by atoms with Crippen molar-refractivity contribution >= 4 is 21.6 Å². The highest BCUT2D eigenvalue weighted by Gasteiger charge is 2.32. The molecule has 1 heterocycles. The van der Waals surface area contributed by atoms with Crippen LogP contribution in [0.1, 0.15) is 13.8 Å². The van der Waals surface area contributed by atoms with Crippen molar-refractivity contribution in [1.29, 1.82) is 0 Å². The van der Waals surface area contributed by atoms with Crippen LogP contribution in [0.4, 0.5) is 0 Å². The third kappa shape index (κ3) is 3.64. The Kier molecular flexibility index (Phi) is 4.97. The van der Waals surface area contributed by atoms with Gasteiger partial charge in [-0.3, -0.25) is 0 Å². The van der Waals surface area contributed by atoms with Gasteiger partial charge in [0.2, 0.25) is 10.0 Å². The van der Waals surface area contributed by atoms with Gasteiger partial charge in [0.1, 0.15) is 0 Å². The van der Waals surface area contributed by atoms with E-state index in [9.17, 15) is 8.42 Å². The van der Waals surface area contributed by atoms with Crippen molar-refractivity contribution in [2.75, 3.05) is 13.1 Å². The van der Waals surface area contributed by atoms with E-state index in [1.54, 1.807) is 12.1 Å². The largest absolute Gasteiger partial charge is 0.373 e. The molecule has 0 unspecified atom stereocenters. The third-order valence-corrected chi connectivity index (χ3v) is 6.15. The van der Waals surface area contributed by atoms with Crippen LogP contribution in [-0.2, 0) is 14.8 Å². The zero-order valence-electron chi connectivity index (χ0n) is 13.6. The number of ether oxygens (including phenoxy) is 1. The molecule has 0 saturated carbocycles. The molecule has 0 aliphatic carbocycles. The molecule has 1 aliphatic rings. The summed E-state index contributed by atoms with van der Waals surface area (Å²) in [6.07, 6.45) is -0.200. The first kappa shape index (κ1) is 17.4. The number of hydrogen-bond acceptors (Lipinski definition) is 3. The summed E-state index contributed by atoms with van der Waals surface area (Å²) in [4.78, 5) is 0.307. The van der Waals surface area contributed by atoms with Gasteiger partial charge in [0.25, 0.3) is 0 Å². The van der Waals surface area contributed by atoms with Crippen LogP contribution in [0.3, 0.4) is 0 Å². The van der Waals surface area contributed by atoms with Crippen LogP contribution in [0.15, 0.2) is 53.4 Å². The lowest BCUT2D eigenvalue weighted by Gasteiger charge is -2.34. The lowest BCUT2D eigenvalue weighted by atomic mass is 10.1. The summed E-state index contributed by atoms with van der Waals surface area (Å²) in [7, 11) is -3.50. The summed E-state index contributed by atoms with van der Waals surface area (Å²) in [5, 5.41) is 0.675. The third-order valence-electron chi connectivity index (χ3n) is 4.06. The van der Waals surface area contributed by atoms with Crippen molar-refractivity contribution in [2.45, 2.75) is 31.0 Å². The SMILES string of the molecule is C[C@@H]1CN(S(=O)(=O)c2ccc(-c3ccc(Cl)cc3)cc2)C[C@@H](C)O1. The Morgan fingerprint density at radius 1 is 0.917 bits per heavy atom. The fourth-order valence-corrected chi connectivity index (χ4v) is 4.65. The number of rotatable bonds is 3. The molecular formula is C18H20ClNO3S. The first-order valence-electron chi connectivity index (χ1n) is 7.88. The van der Waals surface area contributed by atoms with Gasteiger partial charge >= 0.3 is 0 Å². The monoisotopic (exact) mass is 365 g/mol. The number of hydrogen-bond donors (Lipinski definition) is 0. The van der Waals surface area contributed by atoms with Crippen LogP contribution in [0, 0.1) is 0 Å². The zero-order chi connectivity index (χ0) is 17.3. The number of morpholine rings is 1. The molecular weight excluding hydrogens is 346 g/mol. The van der Waals surface area contributed by atoms with Crippen LogP contribution in [0.25, 0.3) is 11.1 Å². The lowest BCUT2D eigenvalue weighted by molar-refractivity contribution is -0.0440. The minimum Gasteiger partial charge on any atom is -0.373 e. The second-order valence-corrected chi connectivity index (χ2v) is 8.48. The molecule has 24 heavy (non-hydrogen) atoms. The second-order valence-electron chi connectivity index (χ2n) is 6.11. The van der Waals surface area contributed by atoms with Crippen LogP contribution < -0.4 is 0 Å². The molecule has 0 aromatic heterocycles. The van der Waals surface area contributed by atoms with Gasteiger partial charge < -0.3 is 4.74 Å². The molecule has 0 bridgehead atoms. The van der Waals surface area contributed by atoms with E-state index in [1.165, 1.54) is 4.31 Å². The van der Waals surface area contributed by atoms with E-state index in [-0.39, 0.29) is 12.2 Å². The summed E-state index contributed by atoms with van der Waals surface area (Å²) in [5.74, 6) is 0. The fraction of sp³-hybridized carbons (Fsp3) is 0.333. The van der Waals surface area contributed by atoms with Crippen molar-refractivity contribution in [3.05, 3.63) is 53.6 Å². The lowest BCUT2D eigenvalue weighted by Crippen LogP contribution is -2.48. The minimum atomic E-state index is -3.50. The van der Waals surface area contributed by atoms with E-state index >= 15 is 0 Å². The Hall–Kier alpha value is -1.40. The van der Waals surface area contributed by atoms with Crippen molar-refractivity contribution in [2.24, 2.45) is 0 Å². The average Bonchev–Trinajstić information content (AvgIpc) is 2.55. The van der Waals surface area contributed by atoms with E-state index < -0.39 is 10.0 Å². The Morgan fingerprint density at radius 2 is 1.38 bits per heavy atom. The Morgan fingerprint density at radius 3 is 1.88 bits per heavy atom. The molecule has 1 fully saturated rings. The van der Waals surface area contributed by atoms with E-state index in [1.807, 2.05) is 50.2 Å². The molecule has 2 atom stereocenters. The standard InChI is InChI=1S/C18H20ClNO3S/c1-13-11-20(12-14(2)23-13)24(21,22)18-9-5-16(6-10-18)15-3-7-17(19)8-4-15/h3-10,13-14H,11-12H2,1-2H3/t13-,14-/m1/s1. The van der Waals surface area contributed by atoms with E-state index in [4.69, 9.17) is 16.3 Å². The minimum absolute atomic E-state index is 0.100. The van der Waals surface area contributed by atoms with Gasteiger partial charge in [-0.2, -0.15) is 4.31 Å². The van der Waals surface area contributed by atoms with Crippen LogP contribution >= 0.6 is 11.6 Å². The van der Waals surface area contributed by atoms with E-state index in [0.29, 0.717) is 23.0 Å². The summed E-state index contributed by atoms with van der Waals surface area (Å²) >= 11 is 5.90. The molecule has 0 radical (unpaired) electrons. The molecule has 1 aliphatic heterocycles. The molecule has 4 nitrogen and oxygen atoms in total. The number of nitrogens with zero attached hydrogens (tertiary/aromatic N) is 1. The molecule has 0 spiro atoms. The molecule has 3 rings (SSSR count). The van der Waals surface area contributed by atoms with Crippen molar-refractivity contribution in [3.8, 4) is 11.1 Å². The number of benzene rings is 2. The normalized spacial score (nSPS) is 22.5. The maximum Gasteiger partial charge on any atom is 0.243 e. The van der Waals surface area contributed by atoms with Gasteiger partial charge in [0.15, 0.2) is 0 Å². The topological polar surface area (TPSA) is 46.6 Å². The number of halogens is 1. The molecule has 0 N–H and O–H groups in total. The van der Waals surface area contributed by atoms with Gasteiger partial charge in [-0.25, -0.2) is 8.42 Å². The summed E-state index contributed by atoms with van der Waals surface area (Å²) in [6.45, 7) is 4.54.